The van der Waals surface area contributed by atoms with Gasteiger partial charge in [-0.25, -0.2) is 9.50 Å². The van der Waals surface area contributed by atoms with E-state index in [0.717, 1.165) is 22.3 Å². The van der Waals surface area contributed by atoms with Gasteiger partial charge in [-0.15, -0.1) is 11.3 Å². The zero-order chi connectivity index (χ0) is 12.7. The fourth-order valence-corrected chi connectivity index (χ4v) is 2.67. The Kier molecular flexibility index (Phi) is 2.65. The van der Waals surface area contributed by atoms with Crippen LogP contribution in [0.5, 0.6) is 0 Å². The Morgan fingerprint density at radius 2 is 2.22 bits per heavy atom. The highest BCUT2D eigenvalue weighted by Crippen LogP contribution is 2.26. The lowest BCUT2D eigenvalue weighted by atomic mass is 10.2. The summed E-state index contributed by atoms with van der Waals surface area (Å²) in [6.07, 6.45) is 5.43. The van der Waals surface area contributed by atoms with Crippen molar-refractivity contribution < 1.29 is 4.79 Å². The molecule has 3 aromatic heterocycles. The van der Waals surface area contributed by atoms with Crippen molar-refractivity contribution in [2.45, 2.75) is 6.92 Å². The Balaban J connectivity index is 2.10. The first kappa shape index (κ1) is 11.4. The van der Waals surface area contributed by atoms with E-state index in [-0.39, 0.29) is 0 Å². The van der Waals surface area contributed by atoms with Gasteiger partial charge in [-0.05, 0) is 35.5 Å². The van der Waals surface area contributed by atoms with E-state index in [1.54, 1.807) is 23.0 Å². The maximum atomic E-state index is 11.0. The molecule has 0 aromatic carbocycles. The number of rotatable bonds is 2. The van der Waals surface area contributed by atoms with E-state index in [1.165, 1.54) is 11.3 Å². The van der Waals surface area contributed by atoms with Gasteiger partial charge >= 0.3 is 0 Å². The second kappa shape index (κ2) is 4.19. The van der Waals surface area contributed by atoms with Crippen molar-refractivity contribution in [3.63, 3.8) is 0 Å². The molecule has 3 aromatic rings. The van der Waals surface area contributed by atoms with E-state index < -0.39 is 5.24 Å². The molecule has 3 rings (SSSR count). The second-order valence-corrected chi connectivity index (χ2v) is 5.17. The smallest absolute Gasteiger partial charge is 0.262 e. The van der Waals surface area contributed by atoms with Crippen LogP contribution in [-0.2, 0) is 0 Å². The number of carbonyl (C=O) groups is 1. The van der Waals surface area contributed by atoms with Gasteiger partial charge in [0, 0.05) is 23.5 Å². The molecule has 6 heteroatoms. The fraction of sp³-hybridized carbons (Fsp3) is 0.0833. The van der Waals surface area contributed by atoms with Crippen LogP contribution in [0.3, 0.4) is 0 Å². The molecule has 0 atom stereocenters. The molecule has 0 aliphatic heterocycles. The van der Waals surface area contributed by atoms with Crippen molar-refractivity contribution in [1.82, 2.24) is 14.6 Å². The van der Waals surface area contributed by atoms with Gasteiger partial charge in [-0.3, -0.25) is 4.79 Å². The minimum absolute atomic E-state index is 0.435. The van der Waals surface area contributed by atoms with Gasteiger partial charge in [0.2, 0.25) is 0 Å². The quantitative estimate of drug-likeness (QED) is 0.676. The molecule has 0 aliphatic carbocycles. The largest absolute Gasteiger partial charge is 0.275 e. The van der Waals surface area contributed by atoms with E-state index in [9.17, 15) is 4.79 Å². The predicted molar refractivity (Wildman–Crippen MR) is 71.2 cm³/mol. The maximum Gasteiger partial charge on any atom is 0.262 e. The maximum absolute atomic E-state index is 11.0. The number of fused-ring (bicyclic) bond motifs is 1. The molecule has 3 heterocycles. The summed E-state index contributed by atoms with van der Waals surface area (Å²) >= 11 is 6.76. The number of aryl methyl sites for hydroxylation is 1. The molecule has 0 bridgehead atoms. The Morgan fingerprint density at radius 3 is 2.94 bits per heavy atom. The van der Waals surface area contributed by atoms with Crippen molar-refractivity contribution in [1.29, 1.82) is 0 Å². The lowest BCUT2D eigenvalue weighted by Gasteiger charge is -1.98. The van der Waals surface area contributed by atoms with Crippen LogP contribution < -0.4 is 0 Å². The van der Waals surface area contributed by atoms with Crippen molar-refractivity contribution in [2.24, 2.45) is 0 Å². The molecule has 0 N–H and O–H groups in total. The Morgan fingerprint density at radius 1 is 1.39 bits per heavy atom. The third-order valence-electron chi connectivity index (χ3n) is 2.66. The molecule has 90 valence electrons. The molecule has 4 nitrogen and oxygen atoms in total. The molecule has 18 heavy (non-hydrogen) atoms. The number of nitrogens with zero attached hydrogens (tertiary/aromatic N) is 3. The summed E-state index contributed by atoms with van der Waals surface area (Å²) in [6, 6.07) is 1.76. The molecule has 0 fully saturated rings. The average Bonchev–Trinajstić information content (AvgIpc) is 2.96. The van der Waals surface area contributed by atoms with Gasteiger partial charge in [0.1, 0.15) is 0 Å². The number of hydrogen-bond acceptors (Lipinski definition) is 4. The molecule has 0 amide bonds. The van der Waals surface area contributed by atoms with Crippen molar-refractivity contribution in [2.75, 3.05) is 0 Å². The predicted octanol–water partition coefficient (Wildman–Crippen LogP) is 3.15. The van der Waals surface area contributed by atoms with E-state index in [1.807, 2.05) is 18.5 Å². The number of thiophene rings is 1. The summed E-state index contributed by atoms with van der Waals surface area (Å²) in [5.41, 5.74) is 3.70. The summed E-state index contributed by atoms with van der Waals surface area (Å²) in [5.74, 6) is 0. The zero-order valence-electron chi connectivity index (χ0n) is 9.42. The van der Waals surface area contributed by atoms with Gasteiger partial charge in [0.15, 0.2) is 5.65 Å². The van der Waals surface area contributed by atoms with Crippen LogP contribution in [0.25, 0.3) is 16.8 Å². The highest BCUT2D eigenvalue weighted by atomic mass is 35.5. The van der Waals surface area contributed by atoms with Crippen molar-refractivity contribution in [3.05, 3.63) is 40.5 Å². The molecule has 0 radical (unpaired) electrons. The van der Waals surface area contributed by atoms with Crippen molar-refractivity contribution in [3.8, 4) is 11.1 Å². The molecule has 0 saturated carbocycles. The molecule has 0 saturated heterocycles. The lowest BCUT2D eigenvalue weighted by molar-refractivity contribution is 0.108. The Labute approximate surface area is 112 Å². The van der Waals surface area contributed by atoms with E-state index >= 15 is 0 Å². The zero-order valence-corrected chi connectivity index (χ0v) is 11.0. The number of halogens is 1. The van der Waals surface area contributed by atoms with E-state index in [2.05, 4.69) is 10.1 Å². The monoisotopic (exact) mass is 277 g/mol. The third kappa shape index (κ3) is 1.81. The summed E-state index contributed by atoms with van der Waals surface area (Å²) in [6.45, 7) is 1.96. The molecule has 0 aliphatic rings. The summed E-state index contributed by atoms with van der Waals surface area (Å²) in [5, 5.41) is 5.66. The second-order valence-electron chi connectivity index (χ2n) is 3.91. The normalized spacial score (nSPS) is 11.0. The number of carbonyl (C=O) groups excluding carboxylic acids is 1. The Bertz CT molecular complexity index is 747. The summed E-state index contributed by atoms with van der Waals surface area (Å²) in [7, 11) is 0. The van der Waals surface area contributed by atoms with Crippen LogP contribution in [0.2, 0.25) is 0 Å². The molecular formula is C12H8ClN3OS. The first-order valence-electron chi connectivity index (χ1n) is 5.24. The number of aromatic nitrogens is 3. The first-order chi connectivity index (χ1) is 8.65. The number of hydrogen-bond donors (Lipinski definition) is 0. The van der Waals surface area contributed by atoms with Gasteiger partial charge in [-0.1, -0.05) is 0 Å². The molecule has 0 spiro atoms. The molecular weight excluding hydrogens is 270 g/mol. The topological polar surface area (TPSA) is 47.3 Å². The Hall–Kier alpha value is -1.72. The summed E-state index contributed by atoms with van der Waals surface area (Å²) < 4.78 is 1.73. The third-order valence-corrected chi connectivity index (χ3v) is 3.90. The van der Waals surface area contributed by atoms with Crippen LogP contribution in [0.1, 0.15) is 15.2 Å². The van der Waals surface area contributed by atoms with Crippen LogP contribution >= 0.6 is 22.9 Å². The van der Waals surface area contributed by atoms with Gasteiger partial charge in [-0.2, -0.15) is 5.10 Å². The highest BCUT2D eigenvalue weighted by Gasteiger charge is 2.09. The molecule has 0 unspecified atom stereocenters. The van der Waals surface area contributed by atoms with E-state index in [0.29, 0.717) is 4.88 Å². The SMILES string of the molecule is Cc1cnn2cc(-c3csc(C(=O)Cl)c3)cnc12. The van der Waals surface area contributed by atoms with Gasteiger partial charge < -0.3 is 0 Å². The first-order valence-corrected chi connectivity index (χ1v) is 6.49. The van der Waals surface area contributed by atoms with Crippen LogP contribution in [0.4, 0.5) is 0 Å². The van der Waals surface area contributed by atoms with Crippen LogP contribution in [0, 0.1) is 6.92 Å². The summed E-state index contributed by atoms with van der Waals surface area (Å²) in [4.78, 5) is 15.9. The van der Waals surface area contributed by atoms with Gasteiger partial charge in [0.05, 0.1) is 11.1 Å². The minimum Gasteiger partial charge on any atom is -0.275 e. The van der Waals surface area contributed by atoms with Gasteiger partial charge in [0.25, 0.3) is 5.24 Å². The lowest BCUT2D eigenvalue weighted by Crippen LogP contribution is -1.91. The highest BCUT2D eigenvalue weighted by molar-refractivity contribution is 7.14. The minimum atomic E-state index is -0.435. The average molecular weight is 278 g/mol. The van der Waals surface area contributed by atoms with Crippen LogP contribution in [0.15, 0.2) is 30.0 Å². The standard InChI is InChI=1S/C12H8ClN3OS/c1-7-3-15-16-5-9(4-14-12(7)16)8-2-10(11(13)17)18-6-8/h2-6H,1H3. The van der Waals surface area contributed by atoms with E-state index in [4.69, 9.17) is 11.6 Å². The van der Waals surface area contributed by atoms with Crippen LogP contribution in [-0.4, -0.2) is 19.8 Å². The fourth-order valence-electron chi connectivity index (χ4n) is 1.73. The van der Waals surface area contributed by atoms with Crippen molar-refractivity contribution >= 4 is 33.8 Å².